The van der Waals surface area contributed by atoms with Crippen molar-refractivity contribution in [2.75, 3.05) is 18.1 Å². The van der Waals surface area contributed by atoms with Crippen LogP contribution in [0.1, 0.15) is 6.42 Å². The van der Waals surface area contributed by atoms with Crippen LogP contribution in [0, 0.1) is 5.82 Å². The second-order valence-electron chi connectivity index (χ2n) is 4.60. The summed E-state index contributed by atoms with van der Waals surface area (Å²) >= 11 is 0. The van der Waals surface area contributed by atoms with Crippen molar-refractivity contribution in [2.24, 2.45) is 0 Å². The molecule has 1 aromatic carbocycles. The molecule has 2 N–H and O–H groups in total. The Morgan fingerprint density at radius 3 is 2.91 bits per heavy atom. The fourth-order valence-electron chi connectivity index (χ4n) is 1.86. The van der Waals surface area contributed by atoms with E-state index in [1.807, 2.05) is 12.3 Å². The Labute approximate surface area is 130 Å². The first-order valence-corrected chi connectivity index (χ1v) is 8.27. The number of rotatable bonds is 6. The number of halogens is 1. The van der Waals surface area contributed by atoms with Crippen molar-refractivity contribution in [2.45, 2.75) is 17.9 Å². The van der Waals surface area contributed by atoms with E-state index in [2.05, 4.69) is 15.7 Å². The van der Waals surface area contributed by atoms with Gasteiger partial charge in [-0.25, -0.2) is 9.18 Å². The Kier molecular flexibility index (Phi) is 5.65. The standard InChI is InChI=1S/C14H17FN4O2S/c1-22(21)13-5-4-11(10-12(13)15)18-14(20)16-6-2-8-19-9-3-7-17-19/h3-5,7,9-10H,2,6,8H2,1H3,(H2,16,18,20)/t22-/m0/s1. The van der Waals surface area contributed by atoms with Crippen LogP contribution in [0.25, 0.3) is 0 Å². The Bertz CT molecular complexity index is 661. The molecule has 0 saturated heterocycles. The SMILES string of the molecule is C[S@](=O)c1ccc(NC(=O)NCCCn2cccn2)cc1F. The van der Waals surface area contributed by atoms with Gasteiger partial charge in [0.15, 0.2) is 0 Å². The van der Waals surface area contributed by atoms with E-state index >= 15 is 0 Å². The van der Waals surface area contributed by atoms with E-state index in [1.165, 1.54) is 18.4 Å². The Hall–Kier alpha value is -2.22. The number of carbonyl (C=O) groups is 1. The summed E-state index contributed by atoms with van der Waals surface area (Å²) < 4.78 is 26.7. The molecule has 0 radical (unpaired) electrons. The van der Waals surface area contributed by atoms with Crippen LogP contribution in [0.5, 0.6) is 0 Å². The highest BCUT2D eigenvalue weighted by Crippen LogP contribution is 2.16. The van der Waals surface area contributed by atoms with Crippen molar-refractivity contribution in [3.63, 3.8) is 0 Å². The number of nitrogens with zero attached hydrogens (tertiary/aromatic N) is 2. The first-order chi connectivity index (χ1) is 10.6. The number of hydrogen-bond acceptors (Lipinski definition) is 3. The Morgan fingerprint density at radius 2 is 2.27 bits per heavy atom. The molecule has 2 amide bonds. The minimum absolute atomic E-state index is 0.116. The highest BCUT2D eigenvalue weighted by atomic mass is 32.2. The topological polar surface area (TPSA) is 76.0 Å². The lowest BCUT2D eigenvalue weighted by atomic mass is 10.3. The second kappa shape index (κ2) is 7.69. The molecule has 1 aromatic heterocycles. The average Bonchev–Trinajstić information content (AvgIpc) is 2.96. The van der Waals surface area contributed by atoms with E-state index in [9.17, 15) is 13.4 Å². The second-order valence-corrected chi connectivity index (χ2v) is 5.95. The van der Waals surface area contributed by atoms with Gasteiger partial charge in [-0.05, 0) is 30.7 Å². The van der Waals surface area contributed by atoms with E-state index < -0.39 is 22.6 Å². The van der Waals surface area contributed by atoms with Crippen molar-refractivity contribution in [3.8, 4) is 0 Å². The molecule has 0 spiro atoms. The zero-order valence-corrected chi connectivity index (χ0v) is 12.9. The number of aromatic nitrogens is 2. The summed E-state index contributed by atoms with van der Waals surface area (Å²) in [6.07, 6.45) is 5.68. The van der Waals surface area contributed by atoms with E-state index in [-0.39, 0.29) is 4.90 Å². The van der Waals surface area contributed by atoms with Gasteiger partial charge in [0.05, 0.1) is 15.7 Å². The first-order valence-electron chi connectivity index (χ1n) is 6.71. The Morgan fingerprint density at radius 1 is 1.45 bits per heavy atom. The molecule has 118 valence electrons. The number of carbonyl (C=O) groups excluding carboxylic acids is 1. The molecule has 0 fully saturated rings. The van der Waals surface area contributed by atoms with Crippen molar-refractivity contribution >= 4 is 22.5 Å². The van der Waals surface area contributed by atoms with Crippen molar-refractivity contribution in [1.82, 2.24) is 15.1 Å². The predicted molar refractivity (Wildman–Crippen MR) is 82.6 cm³/mol. The molecule has 0 aliphatic rings. The molecule has 0 aliphatic heterocycles. The normalized spacial score (nSPS) is 11.9. The number of urea groups is 1. The van der Waals surface area contributed by atoms with Crippen LogP contribution in [-0.4, -0.2) is 32.8 Å². The maximum Gasteiger partial charge on any atom is 0.319 e. The van der Waals surface area contributed by atoms with Crippen molar-refractivity contribution < 1.29 is 13.4 Å². The van der Waals surface area contributed by atoms with Gasteiger partial charge >= 0.3 is 6.03 Å². The molecule has 0 aliphatic carbocycles. The van der Waals surface area contributed by atoms with E-state index in [4.69, 9.17) is 0 Å². The van der Waals surface area contributed by atoms with Gasteiger partial charge in [0, 0.05) is 37.4 Å². The molecule has 22 heavy (non-hydrogen) atoms. The fraction of sp³-hybridized carbons (Fsp3) is 0.286. The smallest absolute Gasteiger partial charge is 0.319 e. The lowest BCUT2D eigenvalue weighted by Gasteiger charge is -2.08. The largest absolute Gasteiger partial charge is 0.338 e. The van der Waals surface area contributed by atoms with Crippen LogP contribution in [0.3, 0.4) is 0 Å². The molecule has 0 unspecified atom stereocenters. The third-order valence-electron chi connectivity index (χ3n) is 2.91. The third kappa shape index (κ3) is 4.66. The molecule has 1 heterocycles. The molecular formula is C14H17FN4O2S. The van der Waals surface area contributed by atoms with Gasteiger partial charge in [0.2, 0.25) is 0 Å². The van der Waals surface area contributed by atoms with Crippen LogP contribution in [-0.2, 0) is 17.3 Å². The highest BCUT2D eigenvalue weighted by Gasteiger charge is 2.08. The zero-order chi connectivity index (χ0) is 15.9. The van der Waals surface area contributed by atoms with Crippen LogP contribution < -0.4 is 10.6 Å². The summed E-state index contributed by atoms with van der Waals surface area (Å²) in [4.78, 5) is 11.8. The van der Waals surface area contributed by atoms with E-state index in [0.29, 0.717) is 18.8 Å². The predicted octanol–water partition coefficient (Wildman–Crippen LogP) is 1.97. The van der Waals surface area contributed by atoms with Crippen molar-refractivity contribution in [1.29, 1.82) is 0 Å². The van der Waals surface area contributed by atoms with Gasteiger partial charge in [0.1, 0.15) is 5.82 Å². The summed E-state index contributed by atoms with van der Waals surface area (Å²) in [5, 5.41) is 9.26. The number of aryl methyl sites for hydroxylation is 1. The van der Waals surface area contributed by atoms with Crippen LogP contribution in [0.15, 0.2) is 41.6 Å². The summed E-state index contributed by atoms with van der Waals surface area (Å²) in [7, 11) is -1.39. The van der Waals surface area contributed by atoms with Gasteiger partial charge in [0.25, 0.3) is 0 Å². The van der Waals surface area contributed by atoms with Crippen LogP contribution in [0.2, 0.25) is 0 Å². The minimum atomic E-state index is -1.39. The summed E-state index contributed by atoms with van der Waals surface area (Å²) in [5.74, 6) is -0.600. The molecule has 0 bridgehead atoms. The number of amides is 2. The number of hydrogen-bond donors (Lipinski definition) is 2. The number of benzene rings is 1. The summed E-state index contributed by atoms with van der Waals surface area (Å²) in [6, 6.07) is 5.49. The molecule has 1 atom stereocenters. The van der Waals surface area contributed by atoms with Gasteiger partial charge in [-0.1, -0.05) is 0 Å². The first kappa shape index (κ1) is 16.2. The van der Waals surface area contributed by atoms with Gasteiger partial charge in [-0.15, -0.1) is 0 Å². The van der Waals surface area contributed by atoms with Crippen molar-refractivity contribution in [3.05, 3.63) is 42.5 Å². The van der Waals surface area contributed by atoms with E-state index in [0.717, 1.165) is 12.5 Å². The zero-order valence-electron chi connectivity index (χ0n) is 12.1. The van der Waals surface area contributed by atoms with E-state index in [1.54, 1.807) is 10.9 Å². The molecule has 2 aromatic rings. The Balaban J connectivity index is 1.77. The maximum atomic E-state index is 13.6. The van der Waals surface area contributed by atoms with Gasteiger partial charge in [-0.3, -0.25) is 8.89 Å². The third-order valence-corrected chi connectivity index (χ3v) is 3.86. The quantitative estimate of drug-likeness (QED) is 0.798. The lowest BCUT2D eigenvalue weighted by Crippen LogP contribution is -2.30. The van der Waals surface area contributed by atoms with Gasteiger partial charge in [-0.2, -0.15) is 5.10 Å². The molecular weight excluding hydrogens is 307 g/mol. The highest BCUT2D eigenvalue weighted by molar-refractivity contribution is 7.84. The van der Waals surface area contributed by atoms with Crippen LogP contribution in [0.4, 0.5) is 14.9 Å². The summed E-state index contributed by atoms with van der Waals surface area (Å²) in [6.45, 7) is 1.18. The lowest BCUT2D eigenvalue weighted by molar-refractivity contribution is 0.251. The number of anilines is 1. The minimum Gasteiger partial charge on any atom is -0.338 e. The van der Waals surface area contributed by atoms with Crippen LogP contribution >= 0.6 is 0 Å². The summed E-state index contributed by atoms with van der Waals surface area (Å²) in [5.41, 5.74) is 0.316. The van der Waals surface area contributed by atoms with Gasteiger partial charge < -0.3 is 10.6 Å². The number of nitrogens with one attached hydrogen (secondary N) is 2. The average molecular weight is 324 g/mol. The molecule has 2 rings (SSSR count). The fourth-order valence-corrected chi connectivity index (χ4v) is 2.46. The molecule has 0 saturated carbocycles. The monoisotopic (exact) mass is 324 g/mol. The maximum absolute atomic E-state index is 13.6. The molecule has 6 nitrogen and oxygen atoms in total. The molecule has 8 heteroatoms.